The van der Waals surface area contributed by atoms with E-state index in [9.17, 15) is 9.59 Å². The van der Waals surface area contributed by atoms with Crippen molar-refractivity contribution in [3.63, 3.8) is 0 Å². The van der Waals surface area contributed by atoms with E-state index in [0.29, 0.717) is 0 Å². The number of aliphatic hydroxyl groups excluding tert-OH is 1. The molecule has 0 aliphatic carbocycles. The summed E-state index contributed by atoms with van der Waals surface area (Å²) in [7, 11) is 0. The topological polar surface area (TPSA) is 66.8 Å². The molecule has 1 rings (SSSR count). The minimum atomic E-state index is -0.628. The molecule has 0 radical (unpaired) electrons. The highest BCUT2D eigenvalue weighted by atomic mass is 16.5. The normalized spacial score (nSPS) is 25.8. The second kappa shape index (κ2) is 3.74. The van der Waals surface area contributed by atoms with Crippen LogP contribution in [-0.4, -0.2) is 47.2 Å². The van der Waals surface area contributed by atoms with Crippen LogP contribution in [0, 0.1) is 0 Å². The van der Waals surface area contributed by atoms with E-state index in [2.05, 4.69) is 4.74 Å². The maximum absolute atomic E-state index is 11.2. The summed E-state index contributed by atoms with van der Waals surface area (Å²) in [5.74, 6) is -0.673. The van der Waals surface area contributed by atoms with Gasteiger partial charge in [-0.15, -0.1) is 0 Å². The van der Waals surface area contributed by atoms with E-state index < -0.39 is 18.1 Å². The van der Waals surface area contributed by atoms with Crippen LogP contribution >= 0.6 is 0 Å². The van der Waals surface area contributed by atoms with Gasteiger partial charge in [-0.3, -0.25) is 4.79 Å². The molecular formula is C8H13NO4. The lowest BCUT2D eigenvalue weighted by Crippen LogP contribution is -2.52. The van der Waals surface area contributed by atoms with Gasteiger partial charge < -0.3 is 14.7 Å². The van der Waals surface area contributed by atoms with E-state index in [1.165, 1.54) is 4.90 Å². The summed E-state index contributed by atoms with van der Waals surface area (Å²) in [6, 6.07) is -0.587. The van der Waals surface area contributed by atoms with Crippen molar-refractivity contribution in [2.24, 2.45) is 0 Å². The van der Waals surface area contributed by atoms with Crippen LogP contribution in [0.3, 0.4) is 0 Å². The molecule has 0 spiro atoms. The predicted octanol–water partition coefficient (Wildman–Crippen LogP) is -0.859. The summed E-state index contributed by atoms with van der Waals surface area (Å²) in [5.41, 5.74) is 0. The van der Waals surface area contributed by atoms with Gasteiger partial charge in [-0.25, -0.2) is 4.79 Å². The van der Waals surface area contributed by atoms with Gasteiger partial charge in [-0.2, -0.15) is 0 Å². The first kappa shape index (κ1) is 9.98. The van der Waals surface area contributed by atoms with Crippen molar-refractivity contribution in [2.45, 2.75) is 26.0 Å². The van der Waals surface area contributed by atoms with Crippen LogP contribution in [0.2, 0.25) is 0 Å². The predicted molar refractivity (Wildman–Crippen MR) is 43.8 cm³/mol. The molecule has 1 aliphatic rings. The number of morpholine rings is 1. The Morgan fingerprint density at radius 2 is 2.31 bits per heavy atom. The van der Waals surface area contributed by atoms with Crippen molar-refractivity contribution in [1.82, 2.24) is 4.90 Å². The van der Waals surface area contributed by atoms with E-state index in [0.717, 1.165) is 0 Å². The van der Waals surface area contributed by atoms with Crippen LogP contribution in [0.5, 0.6) is 0 Å². The van der Waals surface area contributed by atoms with Crippen LogP contribution in [-0.2, 0) is 14.3 Å². The van der Waals surface area contributed by atoms with Crippen LogP contribution in [0.1, 0.15) is 13.8 Å². The van der Waals surface area contributed by atoms with E-state index in [1.807, 2.05) is 0 Å². The molecule has 0 aromatic rings. The summed E-state index contributed by atoms with van der Waals surface area (Å²) in [5, 5.41) is 9.08. The molecule has 0 aromatic heterocycles. The lowest BCUT2D eigenvalue weighted by molar-refractivity contribution is -0.169. The van der Waals surface area contributed by atoms with Crippen molar-refractivity contribution < 1.29 is 19.4 Å². The third kappa shape index (κ3) is 2.18. The monoisotopic (exact) mass is 187 g/mol. The lowest BCUT2D eigenvalue weighted by Gasteiger charge is -2.32. The molecule has 1 N–H and O–H groups in total. The molecule has 0 aromatic carbocycles. The van der Waals surface area contributed by atoms with Gasteiger partial charge in [0.1, 0.15) is 6.04 Å². The molecule has 2 atom stereocenters. The second-order valence-corrected chi connectivity index (χ2v) is 3.18. The van der Waals surface area contributed by atoms with Gasteiger partial charge >= 0.3 is 5.97 Å². The highest BCUT2D eigenvalue weighted by Crippen LogP contribution is 2.09. The van der Waals surface area contributed by atoms with Gasteiger partial charge in [-0.05, 0) is 13.8 Å². The fourth-order valence-electron chi connectivity index (χ4n) is 1.22. The van der Waals surface area contributed by atoms with Crippen molar-refractivity contribution in [1.29, 1.82) is 0 Å². The van der Waals surface area contributed by atoms with Crippen molar-refractivity contribution in [3.05, 3.63) is 0 Å². The second-order valence-electron chi connectivity index (χ2n) is 3.18. The molecule has 1 heterocycles. The largest absolute Gasteiger partial charge is 0.454 e. The number of amides is 1. The van der Waals surface area contributed by atoms with Gasteiger partial charge in [-0.1, -0.05) is 0 Å². The fourth-order valence-corrected chi connectivity index (χ4v) is 1.22. The molecule has 1 saturated heterocycles. The summed E-state index contributed by atoms with van der Waals surface area (Å²) in [6.07, 6.45) is -0.628. The van der Waals surface area contributed by atoms with E-state index in [4.69, 9.17) is 5.11 Å². The van der Waals surface area contributed by atoms with Gasteiger partial charge in [0, 0.05) is 6.54 Å². The first-order chi connectivity index (χ1) is 6.02. The average molecular weight is 187 g/mol. The Labute approximate surface area is 76.3 Å². The Hall–Kier alpha value is -1.10. The van der Waals surface area contributed by atoms with Gasteiger partial charge in [0.2, 0.25) is 0 Å². The Balaban J connectivity index is 2.66. The molecule has 5 nitrogen and oxygen atoms in total. The maximum Gasteiger partial charge on any atom is 0.329 e. The Morgan fingerprint density at radius 3 is 2.85 bits per heavy atom. The molecule has 5 heteroatoms. The molecule has 0 saturated carbocycles. The first-order valence-corrected chi connectivity index (χ1v) is 4.16. The number of esters is 1. The third-order valence-corrected chi connectivity index (χ3v) is 1.93. The quantitative estimate of drug-likeness (QED) is 0.571. The van der Waals surface area contributed by atoms with Crippen LogP contribution in [0.15, 0.2) is 0 Å². The van der Waals surface area contributed by atoms with Crippen LogP contribution < -0.4 is 0 Å². The SMILES string of the molecule is CC(O)CN1C(=O)COC(=O)C1C. The number of nitrogens with zero attached hydrogens (tertiary/aromatic N) is 1. The molecule has 0 bridgehead atoms. The Morgan fingerprint density at radius 1 is 1.69 bits per heavy atom. The number of carbonyl (C=O) groups is 2. The van der Waals surface area contributed by atoms with Crippen molar-refractivity contribution in [3.8, 4) is 0 Å². The minimum Gasteiger partial charge on any atom is -0.454 e. The van der Waals surface area contributed by atoms with Gasteiger partial charge in [0.15, 0.2) is 6.61 Å². The van der Waals surface area contributed by atoms with Crippen LogP contribution in [0.25, 0.3) is 0 Å². The van der Waals surface area contributed by atoms with E-state index in [-0.39, 0.29) is 19.1 Å². The standard InChI is InChI=1S/C8H13NO4/c1-5(10)3-9-6(2)8(12)13-4-7(9)11/h5-6,10H,3-4H2,1-2H3. The van der Waals surface area contributed by atoms with E-state index in [1.54, 1.807) is 13.8 Å². The Bertz CT molecular complexity index is 226. The number of ether oxygens (including phenoxy) is 1. The number of aliphatic hydroxyl groups is 1. The molecule has 74 valence electrons. The molecule has 2 unspecified atom stereocenters. The zero-order valence-electron chi connectivity index (χ0n) is 7.69. The van der Waals surface area contributed by atoms with E-state index >= 15 is 0 Å². The zero-order valence-corrected chi connectivity index (χ0v) is 7.69. The fraction of sp³-hybridized carbons (Fsp3) is 0.750. The summed E-state index contributed by atoms with van der Waals surface area (Å²) >= 11 is 0. The third-order valence-electron chi connectivity index (χ3n) is 1.93. The molecule has 1 fully saturated rings. The number of hydrogen-bond donors (Lipinski definition) is 1. The molecular weight excluding hydrogens is 174 g/mol. The number of carbonyl (C=O) groups excluding carboxylic acids is 2. The van der Waals surface area contributed by atoms with Crippen molar-refractivity contribution >= 4 is 11.9 Å². The van der Waals surface area contributed by atoms with Crippen LogP contribution in [0.4, 0.5) is 0 Å². The lowest BCUT2D eigenvalue weighted by atomic mass is 10.2. The highest BCUT2D eigenvalue weighted by molar-refractivity contribution is 5.90. The average Bonchev–Trinajstić information content (AvgIpc) is 2.05. The number of cyclic esters (lactones) is 1. The zero-order chi connectivity index (χ0) is 10.0. The number of β-amino-alcohol motifs (C(OH)–C–C–N with tert-alkyl or cyclic N) is 1. The van der Waals surface area contributed by atoms with Crippen molar-refractivity contribution in [2.75, 3.05) is 13.2 Å². The summed E-state index contributed by atoms with van der Waals surface area (Å²) < 4.78 is 4.60. The Kier molecular flexibility index (Phi) is 2.87. The first-order valence-electron chi connectivity index (χ1n) is 4.16. The van der Waals surface area contributed by atoms with Gasteiger partial charge in [0.25, 0.3) is 5.91 Å². The van der Waals surface area contributed by atoms with Gasteiger partial charge in [0.05, 0.1) is 6.10 Å². The number of rotatable bonds is 2. The summed E-state index contributed by atoms with van der Waals surface area (Å²) in [4.78, 5) is 23.6. The molecule has 1 amide bonds. The smallest absolute Gasteiger partial charge is 0.329 e. The number of hydrogen-bond acceptors (Lipinski definition) is 4. The minimum absolute atomic E-state index is 0.176. The highest BCUT2D eigenvalue weighted by Gasteiger charge is 2.33. The molecule has 1 aliphatic heterocycles. The maximum atomic E-state index is 11.2. The molecule has 13 heavy (non-hydrogen) atoms. The summed E-state index contributed by atoms with van der Waals surface area (Å²) in [6.45, 7) is 3.12.